The molecule has 98 valence electrons. The van der Waals surface area contributed by atoms with Crippen molar-refractivity contribution in [2.45, 2.75) is 19.8 Å². The maximum absolute atomic E-state index is 11.9. The van der Waals surface area contributed by atoms with Gasteiger partial charge in [0.1, 0.15) is 5.75 Å². The Kier molecular flexibility index (Phi) is 4.07. The first-order valence-electron chi connectivity index (χ1n) is 6.41. The van der Waals surface area contributed by atoms with E-state index in [-0.39, 0.29) is 12.5 Å². The Morgan fingerprint density at radius 1 is 1.44 bits per heavy atom. The molecule has 2 rings (SSSR count). The van der Waals surface area contributed by atoms with Crippen LogP contribution < -0.4 is 10.5 Å². The first-order valence-corrected chi connectivity index (χ1v) is 6.41. The highest BCUT2D eigenvalue weighted by atomic mass is 16.5. The third-order valence-electron chi connectivity index (χ3n) is 3.36. The maximum Gasteiger partial charge on any atom is 0.260 e. The quantitative estimate of drug-likeness (QED) is 0.831. The van der Waals surface area contributed by atoms with Crippen molar-refractivity contribution in [3.63, 3.8) is 0 Å². The van der Waals surface area contributed by atoms with Crippen molar-refractivity contribution in [2.24, 2.45) is 5.92 Å². The van der Waals surface area contributed by atoms with Gasteiger partial charge in [0.05, 0.1) is 0 Å². The molecular weight excluding hydrogens is 228 g/mol. The molecule has 1 aliphatic rings. The first-order chi connectivity index (χ1) is 8.65. The topological polar surface area (TPSA) is 55.6 Å². The number of hydrogen-bond donors (Lipinski definition) is 1. The summed E-state index contributed by atoms with van der Waals surface area (Å²) in [6.45, 7) is 4.02. The standard InChI is InChI=1S/C14H20N2O2/c1-11-5-7-16(8-6-11)14(17)10-18-13-4-2-3-12(15)9-13/h2-4,9,11H,5-8,10,15H2,1H3. The lowest BCUT2D eigenvalue weighted by Gasteiger charge is -2.30. The van der Waals surface area contributed by atoms with Gasteiger partial charge in [-0.25, -0.2) is 0 Å². The van der Waals surface area contributed by atoms with E-state index in [2.05, 4.69) is 6.92 Å². The van der Waals surface area contributed by atoms with Crippen LogP contribution in [0.25, 0.3) is 0 Å². The van der Waals surface area contributed by atoms with Gasteiger partial charge in [-0.3, -0.25) is 4.79 Å². The Hall–Kier alpha value is -1.71. The van der Waals surface area contributed by atoms with Gasteiger partial charge in [-0.2, -0.15) is 0 Å². The SMILES string of the molecule is CC1CCN(C(=O)COc2cccc(N)c2)CC1. The number of hydrogen-bond acceptors (Lipinski definition) is 3. The number of nitrogens with zero attached hydrogens (tertiary/aromatic N) is 1. The Balaban J connectivity index is 1.81. The van der Waals surface area contributed by atoms with Gasteiger partial charge in [-0.15, -0.1) is 0 Å². The second-order valence-corrected chi connectivity index (χ2v) is 4.92. The predicted molar refractivity (Wildman–Crippen MR) is 71.3 cm³/mol. The molecule has 2 N–H and O–H groups in total. The fraction of sp³-hybridized carbons (Fsp3) is 0.500. The third kappa shape index (κ3) is 3.39. The molecule has 0 radical (unpaired) electrons. The van der Waals surface area contributed by atoms with E-state index < -0.39 is 0 Å². The van der Waals surface area contributed by atoms with E-state index in [1.165, 1.54) is 0 Å². The molecule has 4 nitrogen and oxygen atoms in total. The number of amides is 1. The van der Waals surface area contributed by atoms with Gasteiger partial charge in [0.15, 0.2) is 6.61 Å². The Bertz CT molecular complexity index is 412. The number of anilines is 1. The second-order valence-electron chi connectivity index (χ2n) is 4.92. The first kappa shape index (κ1) is 12.7. The molecule has 0 saturated carbocycles. The molecule has 0 aliphatic carbocycles. The molecule has 18 heavy (non-hydrogen) atoms. The van der Waals surface area contributed by atoms with Crippen molar-refractivity contribution in [1.82, 2.24) is 4.90 Å². The number of ether oxygens (including phenoxy) is 1. The molecule has 1 aliphatic heterocycles. The van der Waals surface area contributed by atoms with Crippen molar-refractivity contribution in [2.75, 3.05) is 25.4 Å². The predicted octanol–water partition coefficient (Wildman–Crippen LogP) is 1.91. The maximum atomic E-state index is 11.9. The number of nitrogen functional groups attached to an aromatic ring is 1. The zero-order valence-corrected chi connectivity index (χ0v) is 10.8. The number of rotatable bonds is 3. The van der Waals surface area contributed by atoms with Crippen LogP contribution in [0.15, 0.2) is 24.3 Å². The van der Waals surface area contributed by atoms with Crippen LogP contribution in [0.3, 0.4) is 0 Å². The lowest BCUT2D eigenvalue weighted by Crippen LogP contribution is -2.40. The molecule has 0 aromatic heterocycles. The van der Waals surface area contributed by atoms with Crippen LogP contribution in [0, 0.1) is 5.92 Å². The molecule has 1 saturated heterocycles. The number of nitrogens with two attached hydrogens (primary N) is 1. The number of carbonyl (C=O) groups is 1. The monoisotopic (exact) mass is 248 g/mol. The van der Waals surface area contributed by atoms with Gasteiger partial charge in [-0.1, -0.05) is 13.0 Å². The normalized spacial score (nSPS) is 16.6. The molecule has 0 bridgehead atoms. The van der Waals surface area contributed by atoms with Crippen molar-refractivity contribution in [3.8, 4) is 5.75 Å². The van der Waals surface area contributed by atoms with E-state index in [0.29, 0.717) is 11.4 Å². The Labute approximate surface area is 108 Å². The molecule has 1 fully saturated rings. The Morgan fingerprint density at radius 2 is 2.17 bits per heavy atom. The van der Waals surface area contributed by atoms with Crippen molar-refractivity contribution < 1.29 is 9.53 Å². The molecule has 1 amide bonds. The average molecular weight is 248 g/mol. The largest absolute Gasteiger partial charge is 0.484 e. The molecule has 1 aromatic rings. The Morgan fingerprint density at radius 3 is 2.83 bits per heavy atom. The lowest BCUT2D eigenvalue weighted by molar-refractivity contribution is -0.134. The number of piperidine rings is 1. The van der Waals surface area contributed by atoms with Gasteiger partial charge in [0.25, 0.3) is 5.91 Å². The summed E-state index contributed by atoms with van der Waals surface area (Å²) in [6, 6.07) is 7.14. The highest BCUT2D eigenvalue weighted by molar-refractivity contribution is 5.77. The smallest absolute Gasteiger partial charge is 0.260 e. The summed E-state index contributed by atoms with van der Waals surface area (Å²) in [5, 5.41) is 0. The summed E-state index contributed by atoms with van der Waals surface area (Å²) < 4.78 is 5.46. The van der Waals surface area contributed by atoms with Crippen LogP contribution in [-0.4, -0.2) is 30.5 Å². The van der Waals surface area contributed by atoms with Crippen LogP contribution in [0.4, 0.5) is 5.69 Å². The fourth-order valence-electron chi connectivity index (χ4n) is 2.10. The third-order valence-corrected chi connectivity index (χ3v) is 3.36. The summed E-state index contributed by atoms with van der Waals surface area (Å²) in [5.41, 5.74) is 6.29. The molecule has 1 heterocycles. The summed E-state index contributed by atoms with van der Waals surface area (Å²) >= 11 is 0. The van der Waals surface area contributed by atoms with E-state index in [1.807, 2.05) is 17.0 Å². The molecule has 0 spiro atoms. The van der Waals surface area contributed by atoms with Gasteiger partial charge >= 0.3 is 0 Å². The van der Waals surface area contributed by atoms with E-state index in [0.717, 1.165) is 31.8 Å². The fourth-order valence-corrected chi connectivity index (χ4v) is 2.10. The van der Waals surface area contributed by atoms with Crippen LogP contribution in [-0.2, 0) is 4.79 Å². The second kappa shape index (κ2) is 5.76. The van der Waals surface area contributed by atoms with Crippen LogP contribution >= 0.6 is 0 Å². The summed E-state index contributed by atoms with van der Waals surface area (Å²) in [5.74, 6) is 1.43. The van der Waals surface area contributed by atoms with Crippen molar-refractivity contribution in [3.05, 3.63) is 24.3 Å². The highest BCUT2D eigenvalue weighted by Gasteiger charge is 2.20. The van der Waals surface area contributed by atoms with Gasteiger partial charge < -0.3 is 15.4 Å². The van der Waals surface area contributed by atoms with E-state index >= 15 is 0 Å². The molecule has 0 unspecified atom stereocenters. The minimum Gasteiger partial charge on any atom is -0.484 e. The van der Waals surface area contributed by atoms with Gasteiger partial charge in [0, 0.05) is 24.8 Å². The molecule has 4 heteroatoms. The van der Waals surface area contributed by atoms with Crippen molar-refractivity contribution >= 4 is 11.6 Å². The number of carbonyl (C=O) groups excluding carboxylic acids is 1. The highest BCUT2D eigenvalue weighted by Crippen LogP contribution is 2.17. The number of benzene rings is 1. The zero-order chi connectivity index (χ0) is 13.0. The van der Waals surface area contributed by atoms with Crippen LogP contribution in [0.1, 0.15) is 19.8 Å². The lowest BCUT2D eigenvalue weighted by atomic mass is 9.99. The molecule has 0 atom stereocenters. The zero-order valence-electron chi connectivity index (χ0n) is 10.8. The van der Waals surface area contributed by atoms with E-state index in [1.54, 1.807) is 12.1 Å². The van der Waals surface area contributed by atoms with Gasteiger partial charge in [0.2, 0.25) is 0 Å². The van der Waals surface area contributed by atoms with Crippen LogP contribution in [0.2, 0.25) is 0 Å². The average Bonchev–Trinajstić information content (AvgIpc) is 2.37. The minimum atomic E-state index is 0.0596. The van der Waals surface area contributed by atoms with Gasteiger partial charge in [-0.05, 0) is 30.9 Å². The summed E-state index contributed by atoms with van der Waals surface area (Å²) in [6.07, 6.45) is 2.17. The van der Waals surface area contributed by atoms with E-state index in [9.17, 15) is 4.79 Å². The molecule has 1 aromatic carbocycles. The summed E-state index contributed by atoms with van der Waals surface area (Å²) in [7, 11) is 0. The molecular formula is C14H20N2O2. The minimum absolute atomic E-state index is 0.0596. The summed E-state index contributed by atoms with van der Waals surface area (Å²) in [4.78, 5) is 13.8. The van der Waals surface area contributed by atoms with Crippen molar-refractivity contribution in [1.29, 1.82) is 0 Å². The van der Waals surface area contributed by atoms with Crippen LogP contribution in [0.5, 0.6) is 5.75 Å². The number of likely N-dealkylation sites (tertiary alicyclic amines) is 1. The van der Waals surface area contributed by atoms with E-state index in [4.69, 9.17) is 10.5 Å².